The van der Waals surface area contributed by atoms with Crippen LogP contribution in [0.3, 0.4) is 0 Å². The first-order valence-electron chi connectivity index (χ1n) is 9.52. The second kappa shape index (κ2) is 7.94. The zero-order valence-corrected chi connectivity index (χ0v) is 16.5. The highest BCUT2D eigenvalue weighted by Gasteiger charge is 2.35. The van der Waals surface area contributed by atoms with Crippen LogP contribution in [0.1, 0.15) is 36.7 Å². The van der Waals surface area contributed by atoms with Crippen molar-refractivity contribution in [2.24, 2.45) is 0 Å². The van der Waals surface area contributed by atoms with E-state index in [0.29, 0.717) is 29.0 Å². The van der Waals surface area contributed by atoms with Crippen LogP contribution < -0.4 is 5.32 Å². The van der Waals surface area contributed by atoms with Crippen LogP contribution in [0.2, 0.25) is 0 Å². The number of imidazole rings is 1. The molecule has 3 N–H and O–H groups in total. The van der Waals surface area contributed by atoms with Crippen molar-refractivity contribution in [3.05, 3.63) is 52.1 Å². The summed E-state index contributed by atoms with van der Waals surface area (Å²) in [6, 6.07) is 4.69. The number of nitrogens with zero attached hydrogens (tertiary/aromatic N) is 5. The maximum Gasteiger partial charge on any atom is 0.274 e. The fourth-order valence-electron chi connectivity index (χ4n) is 3.68. The molecule has 158 valence electrons. The van der Waals surface area contributed by atoms with Crippen molar-refractivity contribution in [1.82, 2.24) is 19.5 Å². The van der Waals surface area contributed by atoms with Gasteiger partial charge in [-0.05, 0) is 25.5 Å². The number of anilines is 1. The van der Waals surface area contributed by atoms with Crippen LogP contribution in [0.25, 0.3) is 11.2 Å². The predicted octanol–water partition coefficient (Wildman–Crippen LogP) is 1.86. The Morgan fingerprint density at radius 1 is 1.40 bits per heavy atom. The van der Waals surface area contributed by atoms with E-state index in [1.54, 1.807) is 23.9 Å². The van der Waals surface area contributed by atoms with Gasteiger partial charge in [-0.15, -0.1) is 0 Å². The van der Waals surface area contributed by atoms with Gasteiger partial charge in [-0.3, -0.25) is 14.7 Å². The number of aryl methyl sites for hydroxylation is 1. The average Bonchev–Trinajstić information content (AvgIpc) is 3.31. The summed E-state index contributed by atoms with van der Waals surface area (Å²) in [6.45, 7) is 3.34. The van der Waals surface area contributed by atoms with Crippen LogP contribution in [0.4, 0.5) is 11.5 Å². The highest BCUT2D eigenvalue weighted by Crippen LogP contribution is 2.33. The van der Waals surface area contributed by atoms with Crippen LogP contribution in [0.5, 0.6) is 0 Å². The quantitative estimate of drug-likeness (QED) is 0.406. The van der Waals surface area contributed by atoms with Crippen molar-refractivity contribution < 1.29 is 19.9 Å². The normalized spacial score (nSPS) is 22.3. The molecule has 1 fully saturated rings. The molecule has 0 radical (unpaired) electrons. The number of aromatic nitrogens is 4. The summed E-state index contributed by atoms with van der Waals surface area (Å²) >= 11 is 0. The van der Waals surface area contributed by atoms with Crippen LogP contribution in [-0.2, 0) is 4.74 Å². The number of ether oxygens (including phenoxy) is 1. The second-order valence-corrected chi connectivity index (χ2v) is 7.35. The Bertz CT molecular complexity index is 1090. The third-order valence-corrected chi connectivity index (χ3v) is 5.26. The third-order valence-electron chi connectivity index (χ3n) is 5.26. The Morgan fingerprint density at radius 2 is 2.20 bits per heavy atom. The van der Waals surface area contributed by atoms with Gasteiger partial charge in [0.2, 0.25) is 0 Å². The summed E-state index contributed by atoms with van der Waals surface area (Å²) in [7, 11) is 0. The van der Waals surface area contributed by atoms with Gasteiger partial charge < -0.3 is 20.3 Å². The first-order chi connectivity index (χ1) is 14.4. The molecule has 1 aliphatic heterocycles. The van der Waals surface area contributed by atoms with Crippen molar-refractivity contribution >= 4 is 22.7 Å². The molecule has 11 nitrogen and oxygen atoms in total. The first-order valence-corrected chi connectivity index (χ1v) is 9.52. The van der Waals surface area contributed by atoms with Crippen molar-refractivity contribution in [2.45, 2.75) is 44.7 Å². The number of hydrogen-bond acceptors (Lipinski definition) is 9. The molecule has 30 heavy (non-hydrogen) atoms. The minimum Gasteiger partial charge on any atom is -0.394 e. The molecule has 1 aromatic carbocycles. The minimum atomic E-state index is -0.779. The number of nitro benzene ring substituents is 1. The Labute approximate surface area is 171 Å². The zero-order chi connectivity index (χ0) is 21.4. The highest BCUT2D eigenvalue weighted by atomic mass is 16.6. The summed E-state index contributed by atoms with van der Waals surface area (Å²) in [5.74, 6) is 0.429. The lowest BCUT2D eigenvalue weighted by atomic mass is 10.0. The van der Waals surface area contributed by atoms with Gasteiger partial charge in [0.1, 0.15) is 18.7 Å². The Hall–Kier alpha value is -3.15. The number of nitro groups is 1. The summed E-state index contributed by atoms with van der Waals surface area (Å²) in [6.07, 6.45) is 1.26. The monoisotopic (exact) mass is 414 g/mol. The van der Waals surface area contributed by atoms with Gasteiger partial charge in [-0.25, -0.2) is 15.0 Å². The van der Waals surface area contributed by atoms with E-state index >= 15 is 0 Å². The first kappa shape index (κ1) is 20.1. The molecule has 0 aliphatic carbocycles. The van der Waals surface area contributed by atoms with E-state index in [1.165, 1.54) is 12.4 Å². The topological polar surface area (TPSA) is 148 Å². The van der Waals surface area contributed by atoms with Crippen molar-refractivity contribution in [1.29, 1.82) is 0 Å². The number of aliphatic hydroxyl groups excluding tert-OH is 2. The highest BCUT2D eigenvalue weighted by molar-refractivity contribution is 5.83. The second-order valence-electron chi connectivity index (χ2n) is 7.35. The summed E-state index contributed by atoms with van der Waals surface area (Å²) in [5, 5.41) is 33.9. The molecular formula is C19H22N6O5. The standard InChI is InChI=1S/C19H22N6O5/c1-10-3-4-12(13(5-10)25(28)29)11(2)23-18-17-19(21-8-20-18)24(9-22-17)16-6-14(27)15(7-26)30-16/h3-5,8-9,11,14-16,26-27H,6-7H2,1-2H3,(H,20,21,23). The van der Waals surface area contributed by atoms with Gasteiger partial charge in [0, 0.05) is 12.5 Å². The lowest BCUT2D eigenvalue weighted by molar-refractivity contribution is -0.385. The van der Waals surface area contributed by atoms with E-state index in [4.69, 9.17) is 4.74 Å². The SMILES string of the molecule is Cc1ccc(C(C)Nc2ncnc3c2ncn3C2CC(O)C(CO)O2)c([N+](=O)[O-])c1. The van der Waals surface area contributed by atoms with E-state index in [2.05, 4.69) is 20.3 Å². The number of fused-ring (bicyclic) bond motifs is 1. The van der Waals surface area contributed by atoms with Crippen molar-refractivity contribution in [2.75, 3.05) is 11.9 Å². The molecule has 0 spiro atoms. The molecule has 3 aromatic rings. The molecule has 0 saturated carbocycles. The minimum absolute atomic E-state index is 0.0363. The number of nitrogens with one attached hydrogen (secondary N) is 1. The van der Waals surface area contributed by atoms with E-state index in [-0.39, 0.29) is 12.3 Å². The Morgan fingerprint density at radius 3 is 2.90 bits per heavy atom. The Kier molecular flexibility index (Phi) is 5.33. The van der Waals surface area contributed by atoms with Crippen LogP contribution in [-0.4, -0.2) is 53.5 Å². The molecule has 2 aromatic heterocycles. The fraction of sp³-hybridized carbons (Fsp3) is 0.421. The maximum absolute atomic E-state index is 11.5. The van der Waals surface area contributed by atoms with Crippen LogP contribution >= 0.6 is 0 Å². The van der Waals surface area contributed by atoms with E-state index in [9.17, 15) is 20.3 Å². The predicted molar refractivity (Wildman–Crippen MR) is 107 cm³/mol. The summed E-state index contributed by atoms with van der Waals surface area (Å²) in [5.41, 5.74) is 2.35. The van der Waals surface area contributed by atoms with Gasteiger partial charge in [0.15, 0.2) is 17.0 Å². The number of rotatable bonds is 6. The smallest absolute Gasteiger partial charge is 0.274 e. The van der Waals surface area contributed by atoms with Crippen LogP contribution in [0, 0.1) is 17.0 Å². The fourth-order valence-corrected chi connectivity index (χ4v) is 3.68. The molecule has 11 heteroatoms. The third kappa shape index (κ3) is 3.58. The molecule has 4 atom stereocenters. The van der Waals surface area contributed by atoms with E-state index in [0.717, 1.165) is 5.56 Å². The van der Waals surface area contributed by atoms with Gasteiger partial charge in [-0.2, -0.15) is 0 Å². The lowest BCUT2D eigenvalue weighted by Gasteiger charge is -2.16. The lowest BCUT2D eigenvalue weighted by Crippen LogP contribution is -2.24. The molecule has 4 rings (SSSR count). The maximum atomic E-state index is 11.5. The molecule has 4 unspecified atom stereocenters. The molecule has 0 amide bonds. The molecule has 1 aliphatic rings. The molecule has 3 heterocycles. The molecule has 0 bridgehead atoms. The van der Waals surface area contributed by atoms with Gasteiger partial charge >= 0.3 is 0 Å². The largest absolute Gasteiger partial charge is 0.394 e. The van der Waals surface area contributed by atoms with E-state index < -0.39 is 29.4 Å². The number of hydrogen-bond donors (Lipinski definition) is 3. The Balaban J connectivity index is 1.64. The zero-order valence-electron chi connectivity index (χ0n) is 16.5. The number of benzene rings is 1. The van der Waals surface area contributed by atoms with Gasteiger partial charge in [0.25, 0.3) is 5.69 Å². The van der Waals surface area contributed by atoms with Crippen LogP contribution in [0.15, 0.2) is 30.9 Å². The van der Waals surface area contributed by atoms with E-state index in [1.807, 2.05) is 13.0 Å². The van der Waals surface area contributed by atoms with Gasteiger partial charge in [0.05, 0.1) is 35.6 Å². The molecule has 1 saturated heterocycles. The van der Waals surface area contributed by atoms with Crippen molar-refractivity contribution in [3.63, 3.8) is 0 Å². The van der Waals surface area contributed by atoms with Crippen molar-refractivity contribution in [3.8, 4) is 0 Å². The average molecular weight is 414 g/mol. The van der Waals surface area contributed by atoms with Gasteiger partial charge in [-0.1, -0.05) is 6.07 Å². The summed E-state index contributed by atoms with van der Waals surface area (Å²) < 4.78 is 7.37. The number of aliphatic hydroxyl groups is 2. The molecular weight excluding hydrogens is 392 g/mol. The summed E-state index contributed by atoms with van der Waals surface area (Å²) in [4.78, 5) is 24.0.